The number of amides is 1. The van der Waals surface area contributed by atoms with Crippen molar-refractivity contribution in [2.75, 3.05) is 5.32 Å². The van der Waals surface area contributed by atoms with Crippen LogP contribution >= 0.6 is 22.9 Å². The number of carbonyl (C=O) groups excluding carboxylic acids is 1. The molecule has 1 saturated carbocycles. The van der Waals surface area contributed by atoms with Crippen LogP contribution in [0.15, 0.2) is 11.4 Å². The number of hydrogen-bond acceptors (Lipinski definition) is 6. The van der Waals surface area contributed by atoms with Gasteiger partial charge in [-0.15, -0.1) is 11.3 Å². The van der Waals surface area contributed by atoms with Gasteiger partial charge in [-0.1, -0.05) is 0 Å². The summed E-state index contributed by atoms with van der Waals surface area (Å²) in [7, 11) is 0. The topological polar surface area (TPSA) is 76.1 Å². The average molecular weight is 383 g/mol. The van der Waals surface area contributed by atoms with E-state index >= 15 is 0 Å². The van der Waals surface area contributed by atoms with Gasteiger partial charge in [0.05, 0.1) is 10.2 Å². The fourth-order valence-corrected chi connectivity index (χ4v) is 3.94. The van der Waals surface area contributed by atoms with Crippen LogP contribution in [0, 0.1) is 0 Å². The number of fused-ring (bicyclic) bond motifs is 1. The van der Waals surface area contributed by atoms with Crippen molar-refractivity contribution in [1.82, 2.24) is 15.3 Å². The Balaban J connectivity index is 1.54. The SMILES string of the molecule is CC(C)(C)OC(=O)N[C@H]1CC[C@H](Nc2nc(Cl)nc3ccsc23)CC1. The Bertz CT molecular complexity index is 751. The quantitative estimate of drug-likeness (QED) is 0.759. The van der Waals surface area contributed by atoms with Gasteiger partial charge in [-0.2, -0.15) is 4.98 Å². The third-order valence-corrected chi connectivity index (χ3v) is 5.14. The van der Waals surface area contributed by atoms with E-state index in [1.54, 1.807) is 11.3 Å². The highest BCUT2D eigenvalue weighted by Crippen LogP contribution is 2.30. The number of hydrogen-bond donors (Lipinski definition) is 2. The zero-order chi connectivity index (χ0) is 18.0. The third kappa shape index (κ3) is 4.95. The lowest BCUT2D eigenvalue weighted by Crippen LogP contribution is -2.42. The number of ether oxygens (including phenoxy) is 1. The first-order chi connectivity index (χ1) is 11.8. The molecule has 0 radical (unpaired) electrons. The van der Waals surface area contributed by atoms with Crippen LogP contribution in [-0.4, -0.2) is 33.7 Å². The molecule has 1 aliphatic carbocycles. The molecular weight excluding hydrogens is 360 g/mol. The molecule has 2 heterocycles. The average Bonchev–Trinajstić information content (AvgIpc) is 2.95. The van der Waals surface area contributed by atoms with E-state index < -0.39 is 5.60 Å². The molecule has 0 bridgehead atoms. The molecule has 0 saturated heterocycles. The normalized spacial score (nSPS) is 21.1. The predicted octanol–water partition coefficient (Wildman–Crippen LogP) is 4.59. The number of nitrogens with zero attached hydrogens (tertiary/aromatic N) is 2. The summed E-state index contributed by atoms with van der Waals surface area (Å²) in [6, 6.07) is 2.41. The number of rotatable bonds is 3. The number of alkyl carbamates (subject to hydrolysis) is 1. The van der Waals surface area contributed by atoms with Crippen molar-refractivity contribution in [3.63, 3.8) is 0 Å². The van der Waals surface area contributed by atoms with Gasteiger partial charge >= 0.3 is 6.09 Å². The fourth-order valence-electron chi connectivity index (χ4n) is 2.98. The highest BCUT2D eigenvalue weighted by molar-refractivity contribution is 7.17. The molecule has 0 aromatic carbocycles. The van der Waals surface area contributed by atoms with Crippen molar-refractivity contribution in [2.24, 2.45) is 0 Å². The van der Waals surface area contributed by atoms with E-state index in [0.717, 1.165) is 41.7 Å². The summed E-state index contributed by atoms with van der Waals surface area (Å²) in [5.41, 5.74) is 0.397. The Morgan fingerprint density at radius 1 is 1.24 bits per heavy atom. The molecule has 0 spiro atoms. The first kappa shape index (κ1) is 18.2. The van der Waals surface area contributed by atoms with Crippen LogP contribution in [0.5, 0.6) is 0 Å². The maximum absolute atomic E-state index is 11.9. The van der Waals surface area contributed by atoms with Crippen LogP contribution in [0.2, 0.25) is 5.28 Å². The van der Waals surface area contributed by atoms with Gasteiger partial charge in [0.15, 0.2) is 0 Å². The van der Waals surface area contributed by atoms with Gasteiger partial charge in [0, 0.05) is 12.1 Å². The fraction of sp³-hybridized carbons (Fsp3) is 0.588. The molecule has 0 atom stereocenters. The lowest BCUT2D eigenvalue weighted by Gasteiger charge is -2.30. The molecule has 2 N–H and O–H groups in total. The molecule has 0 unspecified atom stereocenters. The Morgan fingerprint density at radius 3 is 2.60 bits per heavy atom. The summed E-state index contributed by atoms with van der Waals surface area (Å²) < 4.78 is 6.35. The Morgan fingerprint density at radius 2 is 1.92 bits per heavy atom. The van der Waals surface area contributed by atoms with E-state index in [9.17, 15) is 4.79 Å². The summed E-state index contributed by atoms with van der Waals surface area (Å²) >= 11 is 7.62. The second-order valence-corrected chi connectivity index (χ2v) is 8.57. The second kappa shape index (κ2) is 7.33. The van der Waals surface area contributed by atoms with Crippen LogP contribution < -0.4 is 10.6 Å². The number of carbonyl (C=O) groups is 1. The predicted molar refractivity (Wildman–Crippen MR) is 101 cm³/mol. The van der Waals surface area contributed by atoms with Gasteiger partial charge in [0.1, 0.15) is 11.4 Å². The van der Waals surface area contributed by atoms with Crippen molar-refractivity contribution in [3.8, 4) is 0 Å². The monoisotopic (exact) mass is 382 g/mol. The smallest absolute Gasteiger partial charge is 0.407 e. The summed E-state index contributed by atoms with van der Waals surface area (Å²) in [6.45, 7) is 5.60. The highest BCUT2D eigenvalue weighted by atomic mass is 35.5. The van der Waals surface area contributed by atoms with Crippen LogP contribution in [0.25, 0.3) is 10.2 Å². The van der Waals surface area contributed by atoms with E-state index in [0.29, 0.717) is 6.04 Å². The van der Waals surface area contributed by atoms with Gasteiger partial charge in [0.2, 0.25) is 5.28 Å². The molecule has 1 fully saturated rings. The molecule has 1 amide bonds. The molecular formula is C17H23ClN4O2S. The van der Waals surface area contributed by atoms with Crippen molar-refractivity contribution < 1.29 is 9.53 Å². The summed E-state index contributed by atoms with van der Waals surface area (Å²) in [4.78, 5) is 20.4. The number of anilines is 1. The lowest BCUT2D eigenvalue weighted by molar-refractivity contribution is 0.0492. The number of thiophene rings is 1. The maximum atomic E-state index is 11.9. The molecule has 8 heteroatoms. The maximum Gasteiger partial charge on any atom is 0.407 e. The number of halogens is 1. The highest BCUT2D eigenvalue weighted by Gasteiger charge is 2.25. The van der Waals surface area contributed by atoms with Gasteiger partial charge in [-0.05, 0) is 69.5 Å². The van der Waals surface area contributed by atoms with Gasteiger partial charge in [-0.3, -0.25) is 0 Å². The van der Waals surface area contributed by atoms with Crippen molar-refractivity contribution >= 4 is 45.1 Å². The van der Waals surface area contributed by atoms with Crippen LogP contribution in [0.4, 0.5) is 10.6 Å². The van der Waals surface area contributed by atoms with E-state index in [-0.39, 0.29) is 17.4 Å². The first-order valence-electron chi connectivity index (χ1n) is 8.47. The van der Waals surface area contributed by atoms with E-state index in [2.05, 4.69) is 20.6 Å². The van der Waals surface area contributed by atoms with Crippen LogP contribution in [-0.2, 0) is 4.74 Å². The summed E-state index contributed by atoms with van der Waals surface area (Å²) in [5.74, 6) is 0.800. The molecule has 3 rings (SSSR count). The lowest BCUT2D eigenvalue weighted by atomic mass is 9.91. The Kier molecular flexibility index (Phi) is 5.34. The van der Waals surface area contributed by atoms with E-state index in [4.69, 9.17) is 16.3 Å². The zero-order valence-electron chi connectivity index (χ0n) is 14.6. The van der Waals surface area contributed by atoms with Crippen molar-refractivity contribution in [2.45, 2.75) is 64.1 Å². The first-order valence-corrected chi connectivity index (χ1v) is 9.73. The molecule has 0 aliphatic heterocycles. The van der Waals surface area contributed by atoms with Crippen molar-refractivity contribution in [1.29, 1.82) is 0 Å². The number of nitrogens with one attached hydrogen (secondary N) is 2. The molecule has 2 aromatic heterocycles. The summed E-state index contributed by atoms with van der Waals surface area (Å²) in [6.07, 6.45) is 3.38. The molecule has 6 nitrogen and oxygen atoms in total. The van der Waals surface area contributed by atoms with E-state index in [1.165, 1.54) is 0 Å². The number of aromatic nitrogens is 2. The van der Waals surface area contributed by atoms with Gasteiger partial charge < -0.3 is 15.4 Å². The Labute approximate surface area is 156 Å². The minimum absolute atomic E-state index is 0.156. The molecule has 2 aromatic rings. The van der Waals surface area contributed by atoms with Gasteiger partial charge in [0.25, 0.3) is 0 Å². The second-order valence-electron chi connectivity index (χ2n) is 7.32. The van der Waals surface area contributed by atoms with Crippen LogP contribution in [0.1, 0.15) is 46.5 Å². The van der Waals surface area contributed by atoms with Gasteiger partial charge in [-0.25, -0.2) is 9.78 Å². The molecule has 1 aliphatic rings. The third-order valence-electron chi connectivity index (χ3n) is 4.07. The summed E-state index contributed by atoms with van der Waals surface area (Å²) in [5, 5.41) is 8.70. The zero-order valence-corrected chi connectivity index (χ0v) is 16.2. The largest absolute Gasteiger partial charge is 0.444 e. The minimum Gasteiger partial charge on any atom is -0.444 e. The van der Waals surface area contributed by atoms with Crippen molar-refractivity contribution in [3.05, 3.63) is 16.7 Å². The standard InChI is InChI=1S/C17H23ClN4O2S/c1-17(2,3)24-16(23)20-11-6-4-10(5-7-11)19-14-13-12(8-9-25-13)21-15(18)22-14/h8-11H,4-7H2,1-3H3,(H,20,23)(H,19,21,22)/t10-,11-. The minimum atomic E-state index is -0.471. The molecule has 25 heavy (non-hydrogen) atoms. The van der Waals surface area contributed by atoms with E-state index in [1.807, 2.05) is 32.2 Å². The Hall–Kier alpha value is -1.60. The van der Waals surface area contributed by atoms with Crippen LogP contribution in [0.3, 0.4) is 0 Å². The molecule has 136 valence electrons.